The number of ether oxygens (including phenoxy) is 2. The maximum absolute atomic E-state index is 14.2. The van der Waals surface area contributed by atoms with Crippen LogP contribution < -0.4 is 9.47 Å². The van der Waals surface area contributed by atoms with Crippen molar-refractivity contribution in [3.8, 4) is 11.5 Å². The lowest BCUT2D eigenvalue weighted by Crippen LogP contribution is -2.22. The maximum Gasteiger partial charge on any atom is 0.185 e. The smallest absolute Gasteiger partial charge is 0.185 e. The molecule has 1 unspecified atom stereocenters. The summed E-state index contributed by atoms with van der Waals surface area (Å²) in [6, 6.07) is 16.9. The first-order chi connectivity index (χ1) is 28.2. The van der Waals surface area contributed by atoms with E-state index in [-0.39, 0.29) is 0 Å². The second kappa shape index (κ2) is 25.3. The number of benzene rings is 3. The molecular weight excluding hydrogens is 745 g/mol. The molecular formula is C54H74O4S. The standard InChI is InChI=1S/C54H74O4S/c1-40(2)22-17-23-41(3)24-18-25-42(4)26-19-27-43(5)28-20-29-44(6)30-21-31-45(7)36-39-52(59(55,56)48-32-13-12-14-33-48)46(8)37-38-49-47(9)53(57-10)50-34-15-16-35-51(50)54(49)58-11/h12-16,22,24,26,28,30,32-37,52H,17-21,23,25,27,29,31,38-39H2,1-11H3/b41-24+,42-26+,43-28+,44-30+,45-36+,46-37+. The van der Waals surface area contributed by atoms with Gasteiger partial charge in [-0.2, -0.15) is 0 Å². The molecule has 3 aromatic rings. The zero-order valence-corrected chi connectivity index (χ0v) is 39.2. The molecule has 0 spiro atoms. The van der Waals surface area contributed by atoms with Gasteiger partial charge in [-0.05, 0) is 157 Å². The van der Waals surface area contributed by atoms with Crippen LogP contribution in [0.4, 0.5) is 0 Å². The van der Waals surface area contributed by atoms with Crippen LogP contribution in [0.2, 0.25) is 0 Å². The lowest BCUT2D eigenvalue weighted by Gasteiger charge is -2.20. The lowest BCUT2D eigenvalue weighted by atomic mass is 9.95. The van der Waals surface area contributed by atoms with E-state index in [9.17, 15) is 8.42 Å². The Bertz CT molecular complexity index is 2130. The highest BCUT2D eigenvalue weighted by Gasteiger charge is 2.28. The van der Waals surface area contributed by atoms with Crippen molar-refractivity contribution in [3.05, 3.63) is 147 Å². The van der Waals surface area contributed by atoms with Crippen LogP contribution in [0.1, 0.15) is 137 Å². The molecule has 0 aliphatic rings. The first-order valence-electron chi connectivity index (χ1n) is 21.7. The van der Waals surface area contributed by atoms with E-state index in [0.29, 0.717) is 17.7 Å². The molecule has 320 valence electrons. The average Bonchev–Trinajstić information content (AvgIpc) is 3.20. The van der Waals surface area contributed by atoms with Gasteiger partial charge in [-0.25, -0.2) is 8.42 Å². The minimum atomic E-state index is -3.64. The highest BCUT2D eigenvalue weighted by molar-refractivity contribution is 7.92. The van der Waals surface area contributed by atoms with Crippen LogP contribution >= 0.6 is 0 Å². The Hall–Kier alpha value is -4.35. The summed E-state index contributed by atoms with van der Waals surface area (Å²) in [5.74, 6) is 1.61. The fourth-order valence-corrected chi connectivity index (χ4v) is 9.41. The molecule has 0 saturated heterocycles. The Balaban J connectivity index is 1.60. The summed E-state index contributed by atoms with van der Waals surface area (Å²) in [4.78, 5) is 0.347. The summed E-state index contributed by atoms with van der Waals surface area (Å²) in [5, 5.41) is 1.29. The molecule has 3 rings (SSSR count). The molecule has 0 bridgehead atoms. The molecule has 4 nitrogen and oxygen atoms in total. The summed E-state index contributed by atoms with van der Waals surface area (Å²) in [6.07, 6.45) is 27.8. The number of fused-ring (bicyclic) bond motifs is 1. The highest BCUT2D eigenvalue weighted by Crippen LogP contribution is 2.41. The van der Waals surface area contributed by atoms with Crippen LogP contribution in [0.25, 0.3) is 10.8 Å². The quantitative estimate of drug-likeness (QED) is 0.0845. The fraction of sp³-hybridized carbons (Fsp3) is 0.444. The molecule has 0 fully saturated rings. The van der Waals surface area contributed by atoms with Gasteiger partial charge >= 0.3 is 0 Å². The van der Waals surface area contributed by atoms with Crippen LogP contribution in [0, 0.1) is 6.92 Å². The third-order valence-corrected chi connectivity index (χ3v) is 13.6. The first-order valence-corrected chi connectivity index (χ1v) is 23.2. The molecule has 0 heterocycles. The number of hydrogen-bond acceptors (Lipinski definition) is 4. The summed E-state index contributed by atoms with van der Waals surface area (Å²) in [7, 11) is -0.257. The van der Waals surface area contributed by atoms with Gasteiger partial charge in [0, 0.05) is 16.3 Å². The van der Waals surface area contributed by atoms with E-state index in [1.165, 1.54) is 33.4 Å². The summed E-state index contributed by atoms with van der Waals surface area (Å²) in [6.45, 7) is 19.5. The second-order valence-electron chi connectivity index (χ2n) is 16.7. The predicted molar refractivity (Wildman–Crippen MR) is 256 cm³/mol. The van der Waals surface area contributed by atoms with Gasteiger partial charge in [-0.3, -0.25) is 0 Å². The van der Waals surface area contributed by atoms with Gasteiger partial charge in [-0.15, -0.1) is 0 Å². The lowest BCUT2D eigenvalue weighted by molar-refractivity contribution is 0.404. The molecule has 3 aromatic carbocycles. The zero-order chi connectivity index (χ0) is 43.4. The SMILES string of the molecule is COc1c(C)c(C/C=C(\C)C(C/C=C(\C)CC/C=C(\C)CC/C=C(\C)CC/C=C(\C)CC/C=C(\C)CCC=C(C)C)S(=O)(=O)c2ccccc2)c(OC)c2ccccc12. The Morgan fingerprint density at radius 2 is 0.949 bits per heavy atom. The van der Waals surface area contributed by atoms with Crippen molar-refractivity contribution in [2.75, 3.05) is 14.2 Å². The van der Waals surface area contributed by atoms with Gasteiger partial charge < -0.3 is 9.47 Å². The number of hydrogen-bond donors (Lipinski definition) is 0. The van der Waals surface area contributed by atoms with Gasteiger partial charge in [0.1, 0.15) is 11.5 Å². The summed E-state index contributed by atoms with van der Waals surface area (Å²) >= 11 is 0. The molecule has 0 aliphatic heterocycles. The van der Waals surface area contributed by atoms with Crippen molar-refractivity contribution in [2.45, 2.75) is 150 Å². The molecule has 0 amide bonds. The van der Waals surface area contributed by atoms with E-state index in [1.807, 2.05) is 44.2 Å². The van der Waals surface area contributed by atoms with Gasteiger partial charge in [0.15, 0.2) is 9.84 Å². The number of sulfone groups is 1. The second-order valence-corrected chi connectivity index (χ2v) is 18.8. The molecule has 0 aromatic heterocycles. The zero-order valence-electron chi connectivity index (χ0n) is 38.3. The predicted octanol–water partition coefficient (Wildman–Crippen LogP) is 15.5. The third kappa shape index (κ3) is 16.0. The maximum atomic E-state index is 14.2. The van der Waals surface area contributed by atoms with Crippen molar-refractivity contribution in [1.29, 1.82) is 0 Å². The molecule has 0 N–H and O–H groups in total. The molecule has 5 heteroatoms. The van der Waals surface area contributed by atoms with Gasteiger partial charge in [0.05, 0.1) is 24.4 Å². The first kappa shape index (κ1) is 49.0. The van der Waals surface area contributed by atoms with Crippen molar-refractivity contribution in [1.82, 2.24) is 0 Å². The van der Waals surface area contributed by atoms with Crippen LogP contribution in [-0.4, -0.2) is 27.9 Å². The number of rotatable bonds is 24. The van der Waals surface area contributed by atoms with Crippen LogP contribution in [0.3, 0.4) is 0 Å². The summed E-state index contributed by atoms with van der Waals surface area (Å²) in [5.41, 5.74) is 11.3. The van der Waals surface area contributed by atoms with Gasteiger partial charge in [0.2, 0.25) is 0 Å². The fourth-order valence-electron chi connectivity index (χ4n) is 7.61. The molecule has 59 heavy (non-hydrogen) atoms. The van der Waals surface area contributed by atoms with E-state index in [1.54, 1.807) is 38.5 Å². The largest absolute Gasteiger partial charge is 0.496 e. The van der Waals surface area contributed by atoms with Gasteiger partial charge in [-0.1, -0.05) is 124 Å². The number of methoxy groups -OCH3 is 2. The van der Waals surface area contributed by atoms with Gasteiger partial charge in [0.25, 0.3) is 0 Å². The minimum absolute atomic E-state index is 0.347. The van der Waals surface area contributed by atoms with Crippen LogP contribution in [0.5, 0.6) is 11.5 Å². The normalized spacial score (nSPS) is 14.2. The van der Waals surface area contributed by atoms with Crippen LogP contribution in [0.15, 0.2) is 141 Å². The van der Waals surface area contributed by atoms with E-state index in [2.05, 4.69) is 91.0 Å². The Kier molecular flexibility index (Phi) is 21.0. The van der Waals surface area contributed by atoms with E-state index in [0.717, 1.165) is 103 Å². The average molecular weight is 819 g/mol. The molecule has 0 aliphatic carbocycles. The minimum Gasteiger partial charge on any atom is -0.496 e. The van der Waals surface area contributed by atoms with Crippen molar-refractivity contribution < 1.29 is 17.9 Å². The molecule has 0 saturated carbocycles. The molecule has 0 radical (unpaired) electrons. The van der Waals surface area contributed by atoms with E-state index >= 15 is 0 Å². The van der Waals surface area contributed by atoms with Crippen molar-refractivity contribution >= 4 is 20.6 Å². The van der Waals surface area contributed by atoms with Crippen LogP contribution in [-0.2, 0) is 16.3 Å². The molecule has 1 atom stereocenters. The topological polar surface area (TPSA) is 52.6 Å². The van der Waals surface area contributed by atoms with Crippen molar-refractivity contribution in [2.24, 2.45) is 0 Å². The van der Waals surface area contributed by atoms with E-state index < -0.39 is 15.1 Å². The Morgan fingerprint density at radius 3 is 1.39 bits per heavy atom. The van der Waals surface area contributed by atoms with E-state index in [4.69, 9.17) is 9.47 Å². The van der Waals surface area contributed by atoms with Crippen molar-refractivity contribution in [3.63, 3.8) is 0 Å². The number of allylic oxidation sites excluding steroid dienone is 13. The highest BCUT2D eigenvalue weighted by atomic mass is 32.2. The monoisotopic (exact) mass is 819 g/mol. The summed E-state index contributed by atoms with van der Waals surface area (Å²) < 4.78 is 40.1. The Labute approximate surface area is 359 Å². The Morgan fingerprint density at radius 1 is 0.542 bits per heavy atom. The third-order valence-electron chi connectivity index (χ3n) is 11.4.